The van der Waals surface area contributed by atoms with Crippen LogP contribution in [0, 0.1) is 32.1 Å². The number of methoxy groups -OCH3 is 7. The average molecular weight is 1880 g/mol. The van der Waals surface area contributed by atoms with Crippen LogP contribution >= 0.6 is 8.53 Å². The number of aliphatic hydroxyl groups excluding tert-OH is 1. The van der Waals surface area contributed by atoms with E-state index in [0.29, 0.717) is 45.8 Å². The van der Waals surface area contributed by atoms with Crippen LogP contribution in [0.5, 0.6) is 23.0 Å². The van der Waals surface area contributed by atoms with Crippen LogP contribution in [0.4, 0.5) is 0 Å². The van der Waals surface area contributed by atoms with Crippen molar-refractivity contribution in [2.75, 3.05) is 122 Å². The van der Waals surface area contributed by atoms with Crippen LogP contribution in [0.2, 0.25) is 0 Å². The number of rotatable bonds is 31. The van der Waals surface area contributed by atoms with Gasteiger partial charge in [-0.15, -0.1) is 0 Å². The molecule has 6 aromatic carbocycles. The van der Waals surface area contributed by atoms with Crippen molar-refractivity contribution in [2.45, 2.75) is 194 Å². The molecule has 0 saturated carbocycles. The first-order chi connectivity index (χ1) is 64.4. The SMILES string of the molecule is CC1CCCO1.CO[C@@H]1[C@H](n2cc(C)c(=O)[nH]c2=O)O[C@@]2(CO)COCC[C@]12O.COc1ccc(C(OC[C@]23COCC[C@]2(O)[C@H](OC)[C@H](n2cc(C)c(=O)[nH]c2=O)O3)(c2ccccc2)c2ccc(OC)cc2)cc1.COc1ccc(C(OC[C@]23COCC[C@]2(OP(OCCC#N)N(C(C)C)C(C)C)[C@H](OC)[C@H](n2cc(C)c(=O)[nH]c2=O)O3)(c2ccccc2)c2ccc(OC)cc2)cc1. The molecule has 0 amide bonds. The molecule has 3 aromatic heterocycles. The van der Waals surface area contributed by atoms with Crippen LogP contribution in [0.25, 0.3) is 0 Å². The summed E-state index contributed by atoms with van der Waals surface area (Å²) in [4.78, 5) is 82.2. The van der Waals surface area contributed by atoms with Gasteiger partial charge < -0.3 is 100 Å². The average Bonchev–Trinajstić information content (AvgIpc) is 1.54. The van der Waals surface area contributed by atoms with Gasteiger partial charge in [0, 0.05) is 114 Å². The maximum Gasteiger partial charge on any atom is 0.330 e. The van der Waals surface area contributed by atoms with Crippen molar-refractivity contribution in [3.05, 3.63) is 289 Å². The van der Waals surface area contributed by atoms with Crippen molar-refractivity contribution in [3.63, 3.8) is 0 Å². The summed E-state index contributed by atoms with van der Waals surface area (Å²) >= 11 is 0. The van der Waals surface area contributed by atoms with Gasteiger partial charge in [0.15, 0.2) is 18.7 Å². The Morgan fingerprint density at radius 3 is 1.17 bits per heavy atom. The lowest BCUT2D eigenvalue weighted by Crippen LogP contribution is -2.66. The number of nitrogens with zero attached hydrogens (tertiary/aromatic N) is 5. The monoisotopic (exact) mass is 1870 g/mol. The number of benzene rings is 6. The second-order valence-corrected chi connectivity index (χ2v) is 36.1. The highest BCUT2D eigenvalue weighted by atomic mass is 31.2. The van der Waals surface area contributed by atoms with Crippen molar-refractivity contribution < 1.29 is 100 Å². The van der Waals surface area contributed by atoms with Gasteiger partial charge in [-0.3, -0.25) is 43.0 Å². The fourth-order valence-corrected chi connectivity index (χ4v) is 21.0. The van der Waals surface area contributed by atoms with Gasteiger partial charge in [0.2, 0.25) is 0 Å². The molecular formula is C98H123N8O27P. The predicted octanol–water partition coefficient (Wildman–Crippen LogP) is 9.37. The zero-order chi connectivity index (χ0) is 96.1. The third-order valence-corrected chi connectivity index (χ3v) is 28.4. The zero-order valence-corrected chi connectivity index (χ0v) is 79.2. The lowest BCUT2D eigenvalue weighted by Gasteiger charge is -2.51. The molecule has 16 rings (SSSR count). The highest BCUT2D eigenvalue weighted by Crippen LogP contribution is 2.62. The lowest BCUT2D eigenvalue weighted by atomic mass is 9.76. The minimum Gasteiger partial charge on any atom is -0.497 e. The molecule has 9 aromatic rings. The summed E-state index contributed by atoms with van der Waals surface area (Å²) in [5.41, 5.74) is -9.06. The summed E-state index contributed by atoms with van der Waals surface area (Å²) < 4.78 is 117. The first kappa shape index (κ1) is 101. The Morgan fingerprint density at radius 1 is 0.485 bits per heavy atom. The van der Waals surface area contributed by atoms with Crippen LogP contribution in [-0.2, 0) is 77.1 Å². The molecule has 14 atom stereocenters. The maximum absolute atomic E-state index is 13.7. The van der Waals surface area contributed by atoms with E-state index in [-0.39, 0.29) is 97.2 Å². The first-order valence-corrected chi connectivity index (χ1v) is 45.7. The van der Waals surface area contributed by atoms with Crippen molar-refractivity contribution in [3.8, 4) is 29.1 Å². The van der Waals surface area contributed by atoms with Gasteiger partial charge in [-0.2, -0.15) is 5.26 Å². The Bertz CT molecular complexity index is 5710. The summed E-state index contributed by atoms with van der Waals surface area (Å²) in [5.74, 6) is 2.71. The molecule has 0 bridgehead atoms. The Kier molecular flexibility index (Phi) is 32.8. The Labute approximate surface area is 777 Å². The number of nitrogens with one attached hydrogen (secondary N) is 3. The molecule has 7 fully saturated rings. The standard InChI is InChI=1S/C44H55N4O10P.C35H38N2O9.C14H20N2O7.C5H10O/c1-30(2)48(31(3)4)59(56-25-12-24-45)58-43-23-26-54-28-42(43,57-40(38(43)53-8)47-27-32(5)39(49)46-41(47)50)29-55-44(33-13-10-9-11-14-33,34-15-19-36(51-6)20-16-34)35-17-21-37(52-7)22-18-35;1-23-20-37(32(39)36-30(23)38)31-29(43-4)34(40)18-19-44-21-33(34,46-31)22-45-35(24-8-6-5-7-9-24,25-10-14-27(41-2)15-11-25)26-12-16-28(42-3)17-13-26;1-8-5-16(12(19)15-10(8)18)11-9(21-2)14(20)3-4-22-7-13(14,6-17)23-11;1-5-3-2-4-6-5/h9-11,13-22,27,30-31,38,40H,12,23,25-26,28-29H2,1-8H3,(H,46,49,50);5-17,20,29,31,40H,18-19,21-22H2,1-4H3,(H,36,38,39);5,9,11,17,20H,3-4,6-7H2,1-2H3,(H,15,18,19);5H,2-4H2,1H3/t38-,40-,42-,43+,59?;29-,31-,33-,34+;9-,11-,13+,14+;/m111./s1. The van der Waals surface area contributed by atoms with Crippen LogP contribution in [-0.4, -0.2) is 241 Å². The molecule has 7 aliphatic rings. The summed E-state index contributed by atoms with van der Waals surface area (Å²) in [6.07, 6.45) is 2.05. The van der Waals surface area contributed by atoms with Crippen LogP contribution in [0.1, 0.15) is 142 Å². The van der Waals surface area contributed by atoms with Crippen LogP contribution in [0.3, 0.4) is 0 Å². The summed E-state index contributed by atoms with van der Waals surface area (Å²) in [5, 5.41) is 42.9. The Balaban J connectivity index is 0.000000178. The summed E-state index contributed by atoms with van der Waals surface area (Å²) in [6.45, 7) is 16.2. The largest absolute Gasteiger partial charge is 0.497 e. The molecule has 134 heavy (non-hydrogen) atoms. The number of nitriles is 1. The Morgan fingerprint density at radius 2 is 0.828 bits per heavy atom. The molecule has 0 aliphatic carbocycles. The van der Waals surface area contributed by atoms with E-state index in [4.69, 9.17) is 84.8 Å². The van der Waals surface area contributed by atoms with E-state index in [9.17, 15) is 49.3 Å². The van der Waals surface area contributed by atoms with Gasteiger partial charge >= 0.3 is 17.1 Å². The van der Waals surface area contributed by atoms with Gasteiger partial charge in [0.25, 0.3) is 25.2 Å². The van der Waals surface area contributed by atoms with Gasteiger partial charge in [-0.1, -0.05) is 109 Å². The van der Waals surface area contributed by atoms with Gasteiger partial charge in [0.1, 0.15) is 86.1 Å². The fourth-order valence-electron chi connectivity index (χ4n) is 19.1. The topological polar surface area (TPSA) is 418 Å². The molecule has 0 radical (unpaired) electrons. The first-order valence-electron chi connectivity index (χ1n) is 44.6. The minimum absolute atomic E-state index is 0.0126. The van der Waals surface area contributed by atoms with Gasteiger partial charge in [0.05, 0.1) is 93.3 Å². The highest BCUT2D eigenvalue weighted by molar-refractivity contribution is 7.44. The number of H-pyrrole nitrogens is 3. The molecular weight excluding hydrogens is 1750 g/mol. The van der Waals surface area contributed by atoms with Crippen LogP contribution < -0.4 is 52.7 Å². The van der Waals surface area contributed by atoms with Crippen molar-refractivity contribution >= 4 is 8.53 Å². The van der Waals surface area contributed by atoms with E-state index in [1.54, 1.807) is 56.3 Å². The molecule has 2 unspecified atom stereocenters. The molecule has 0 spiro atoms. The molecule has 722 valence electrons. The second kappa shape index (κ2) is 43.4. The number of fused-ring (bicyclic) bond motifs is 3. The molecule has 36 heteroatoms. The second-order valence-electron chi connectivity index (χ2n) is 34.8. The van der Waals surface area contributed by atoms with E-state index >= 15 is 0 Å². The number of aryl methyl sites for hydroxylation is 3. The number of hydrogen-bond acceptors (Lipinski definition) is 29. The minimum atomic E-state index is -1.89. The number of aliphatic hydroxyl groups is 3. The van der Waals surface area contributed by atoms with Crippen molar-refractivity contribution in [1.82, 2.24) is 33.3 Å². The normalized spacial score (nSPS) is 26.1. The Hall–Kier alpha value is -10.2. The number of ether oxygens (including phenoxy) is 16. The number of hydrogen-bond donors (Lipinski definition) is 6. The van der Waals surface area contributed by atoms with E-state index < -0.39 is 131 Å². The molecule has 10 heterocycles. The highest BCUT2D eigenvalue weighted by Gasteiger charge is 2.73. The van der Waals surface area contributed by atoms with E-state index in [0.717, 1.165) is 40.0 Å². The molecule has 7 saturated heterocycles. The van der Waals surface area contributed by atoms with E-state index in [2.05, 4.69) is 60.3 Å². The third kappa shape index (κ3) is 19.6. The smallest absolute Gasteiger partial charge is 0.330 e. The summed E-state index contributed by atoms with van der Waals surface area (Å²) in [7, 11) is 8.96. The predicted molar refractivity (Wildman–Crippen MR) is 493 cm³/mol. The van der Waals surface area contributed by atoms with Gasteiger partial charge in [-0.05, 0) is 150 Å². The van der Waals surface area contributed by atoms with Crippen LogP contribution in [0.15, 0.2) is 205 Å². The molecule has 6 N–H and O–H groups in total. The molecule has 7 aliphatic heterocycles. The van der Waals surface area contributed by atoms with Crippen molar-refractivity contribution in [1.29, 1.82) is 5.26 Å². The van der Waals surface area contributed by atoms with Gasteiger partial charge in [-0.25, -0.2) is 19.1 Å². The third-order valence-electron chi connectivity index (χ3n) is 26.2. The van der Waals surface area contributed by atoms with E-state index in [1.165, 1.54) is 59.4 Å². The lowest BCUT2D eigenvalue weighted by molar-refractivity contribution is -0.243. The number of aromatic amines is 3. The zero-order valence-electron chi connectivity index (χ0n) is 78.3. The fraction of sp³-hybridized carbons (Fsp3) is 0.500. The maximum atomic E-state index is 13.7. The quantitative estimate of drug-likeness (QED) is 0.0134. The number of aromatic nitrogens is 6. The van der Waals surface area contributed by atoms with Crippen molar-refractivity contribution in [2.24, 2.45) is 0 Å². The summed E-state index contributed by atoms with van der Waals surface area (Å²) in [6, 6.07) is 52.5. The van der Waals surface area contributed by atoms with E-state index in [1.807, 2.05) is 158 Å². The molecule has 35 nitrogen and oxygen atoms in total.